The van der Waals surface area contributed by atoms with E-state index in [-0.39, 0.29) is 11.9 Å². The van der Waals surface area contributed by atoms with Crippen molar-refractivity contribution >= 4 is 33.6 Å². The van der Waals surface area contributed by atoms with Gasteiger partial charge in [0.1, 0.15) is 0 Å². The third-order valence-corrected chi connectivity index (χ3v) is 5.10. The molecule has 3 rings (SSSR count). The molecule has 0 spiro atoms. The van der Waals surface area contributed by atoms with Crippen LogP contribution in [-0.2, 0) is 4.74 Å². The molecule has 1 aromatic heterocycles. The van der Waals surface area contributed by atoms with Crippen molar-refractivity contribution in [3.63, 3.8) is 0 Å². The van der Waals surface area contributed by atoms with E-state index in [1.165, 1.54) is 0 Å². The molecule has 2 atom stereocenters. The predicted molar refractivity (Wildman–Crippen MR) is 72.9 cm³/mol. The number of rotatable bonds is 1. The van der Waals surface area contributed by atoms with Gasteiger partial charge in [-0.1, -0.05) is 0 Å². The minimum absolute atomic E-state index is 0.00194. The van der Waals surface area contributed by atoms with E-state index in [1.807, 2.05) is 16.7 Å². The fourth-order valence-electron chi connectivity index (χ4n) is 2.51. The third kappa shape index (κ3) is 2.33. The molecular weight excluding hydrogens is 318 g/mol. The molecule has 0 aromatic carbocycles. The monoisotopic (exact) mass is 331 g/mol. The van der Waals surface area contributed by atoms with Gasteiger partial charge < -0.3 is 14.1 Å². The summed E-state index contributed by atoms with van der Waals surface area (Å²) in [5.41, 5.74) is 0. The molecular formula is C12H14BrNO3S. The van der Waals surface area contributed by atoms with E-state index in [0.29, 0.717) is 15.7 Å². The van der Waals surface area contributed by atoms with E-state index < -0.39 is 0 Å². The average molecular weight is 332 g/mol. The SMILES string of the molecule is O=C(c1ccc(Br)o1)N1CCSC2COCCC21. The Morgan fingerprint density at radius 2 is 2.39 bits per heavy atom. The Hall–Kier alpha value is -0.460. The van der Waals surface area contributed by atoms with Gasteiger partial charge in [0.05, 0.1) is 6.61 Å². The molecule has 18 heavy (non-hydrogen) atoms. The topological polar surface area (TPSA) is 42.7 Å². The van der Waals surface area contributed by atoms with E-state index >= 15 is 0 Å². The maximum absolute atomic E-state index is 12.4. The Labute approximate surface area is 118 Å². The number of ether oxygens (including phenoxy) is 1. The van der Waals surface area contributed by atoms with Crippen LogP contribution in [0.1, 0.15) is 17.0 Å². The second kappa shape index (κ2) is 5.27. The number of fused-ring (bicyclic) bond motifs is 1. The number of amides is 1. The molecule has 0 radical (unpaired) electrons. The molecule has 0 saturated carbocycles. The minimum atomic E-state index is -0.00194. The lowest BCUT2D eigenvalue weighted by molar-refractivity contribution is 0.0300. The highest BCUT2D eigenvalue weighted by Gasteiger charge is 2.37. The Morgan fingerprint density at radius 3 is 3.17 bits per heavy atom. The summed E-state index contributed by atoms with van der Waals surface area (Å²) in [6, 6.07) is 3.77. The second-order valence-electron chi connectivity index (χ2n) is 4.44. The molecule has 1 amide bonds. The first-order valence-electron chi connectivity index (χ1n) is 6.01. The average Bonchev–Trinajstić information content (AvgIpc) is 2.84. The molecule has 4 nitrogen and oxygen atoms in total. The van der Waals surface area contributed by atoms with Crippen LogP contribution >= 0.6 is 27.7 Å². The van der Waals surface area contributed by atoms with Crippen LogP contribution in [0.2, 0.25) is 0 Å². The molecule has 2 aliphatic rings. The van der Waals surface area contributed by atoms with Gasteiger partial charge in [0.15, 0.2) is 10.4 Å². The van der Waals surface area contributed by atoms with Crippen molar-refractivity contribution < 1.29 is 13.9 Å². The zero-order chi connectivity index (χ0) is 12.5. The van der Waals surface area contributed by atoms with Crippen molar-refractivity contribution in [3.8, 4) is 0 Å². The molecule has 0 N–H and O–H groups in total. The molecule has 2 aliphatic heterocycles. The van der Waals surface area contributed by atoms with Gasteiger partial charge in [0.2, 0.25) is 0 Å². The summed E-state index contributed by atoms with van der Waals surface area (Å²) in [5.74, 6) is 1.38. The summed E-state index contributed by atoms with van der Waals surface area (Å²) in [6.07, 6.45) is 0.922. The van der Waals surface area contributed by atoms with E-state index in [2.05, 4.69) is 15.9 Å². The summed E-state index contributed by atoms with van der Waals surface area (Å²) < 4.78 is 11.5. The van der Waals surface area contributed by atoms with Crippen LogP contribution in [0.3, 0.4) is 0 Å². The fraction of sp³-hybridized carbons (Fsp3) is 0.583. The number of hydrogen-bond donors (Lipinski definition) is 0. The molecule has 2 unspecified atom stereocenters. The van der Waals surface area contributed by atoms with E-state index in [0.717, 1.165) is 31.9 Å². The van der Waals surface area contributed by atoms with Gasteiger partial charge in [-0.05, 0) is 34.5 Å². The molecule has 2 fully saturated rings. The van der Waals surface area contributed by atoms with Crippen LogP contribution < -0.4 is 0 Å². The van der Waals surface area contributed by atoms with Gasteiger partial charge in [-0.15, -0.1) is 0 Å². The van der Waals surface area contributed by atoms with Gasteiger partial charge in [-0.25, -0.2) is 0 Å². The normalized spacial score (nSPS) is 27.9. The molecule has 0 aliphatic carbocycles. The number of carbonyl (C=O) groups excluding carboxylic acids is 1. The number of hydrogen-bond acceptors (Lipinski definition) is 4. The summed E-state index contributed by atoms with van der Waals surface area (Å²) >= 11 is 5.14. The smallest absolute Gasteiger partial charge is 0.289 e. The molecule has 6 heteroatoms. The first-order chi connectivity index (χ1) is 8.75. The van der Waals surface area contributed by atoms with E-state index in [4.69, 9.17) is 9.15 Å². The first-order valence-corrected chi connectivity index (χ1v) is 7.85. The van der Waals surface area contributed by atoms with Crippen LogP contribution in [-0.4, -0.2) is 47.6 Å². The number of halogens is 1. The van der Waals surface area contributed by atoms with Crippen molar-refractivity contribution in [1.29, 1.82) is 0 Å². The second-order valence-corrected chi connectivity index (χ2v) is 6.57. The van der Waals surface area contributed by atoms with Gasteiger partial charge >= 0.3 is 0 Å². The fourth-order valence-corrected chi connectivity index (χ4v) is 4.12. The highest BCUT2D eigenvalue weighted by atomic mass is 79.9. The Balaban J connectivity index is 1.79. The molecule has 98 valence electrons. The van der Waals surface area contributed by atoms with E-state index in [1.54, 1.807) is 12.1 Å². The lowest BCUT2D eigenvalue weighted by atomic mass is 10.1. The van der Waals surface area contributed by atoms with Crippen LogP contribution in [0.25, 0.3) is 0 Å². The molecule has 1 aromatic rings. The summed E-state index contributed by atoms with van der Waals surface area (Å²) in [7, 11) is 0. The Bertz CT molecular complexity index is 448. The quantitative estimate of drug-likeness (QED) is 0.792. The number of carbonyl (C=O) groups is 1. The lowest BCUT2D eigenvalue weighted by Crippen LogP contribution is -2.54. The van der Waals surface area contributed by atoms with Crippen molar-refractivity contribution in [2.24, 2.45) is 0 Å². The van der Waals surface area contributed by atoms with Crippen LogP contribution in [0.4, 0.5) is 0 Å². The minimum Gasteiger partial charge on any atom is -0.444 e. The van der Waals surface area contributed by atoms with Crippen LogP contribution in [0.5, 0.6) is 0 Å². The van der Waals surface area contributed by atoms with Crippen molar-refractivity contribution in [3.05, 3.63) is 22.6 Å². The van der Waals surface area contributed by atoms with Gasteiger partial charge in [0.25, 0.3) is 5.91 Å². The highest BCUT2D eigenvalue weighted by molar-refractivity contribution is 9.10. The summed E-state index contributed by atoms with van der Waals surface area (Å²) in [5, 5.41) is 0.412. The first kappa shape index (κ1) is 12.6. The lowest BCUT2D eigenvalue weighted by Gasteiger charge is -2.42. The Morgan fingerprint density at radius 1 is 1.50 bits per heavy atom. The number of furan rings is 1. The largest absolute Gasteiger partial charge is 0.444 e. The standard InChI is InChI=1S/C12H14BrNO3S/c13-11-2-1-9(17-11)12(15)14-4-6-18-10-7-16-5-3-8(10)14/h1-2,8,10H,3-7H2. The van der Waals surface area contributed by atoms with Crippen LogP contribution in [0, 0.1) is 0 Å². The van der Waals surface area contributed by atoms with E-state index in [9.17, 15) is 4.79 Å². The Kier molecular flexibility index (Phi) is 3.68. The van der Waals surface area contributed by atoms with Crippen LogP contribution in [0.15, 0.2) is 21.2 Å². The predicted octanol–water partition coefficient (Wildman–Crippen LogP) is 2.39. The molecule has 3 heterocycles. The van der Waals surface area contributed by atoms with Gasteiger partial charge in [0, 0.05) is 30.2 Å². The maximum atomic E-state index is 12.4. The van der Waals surface area contributed by atoms with Gasteiger partial charge in [-0.3, -0.25) is 4.79 Å². The zero-order valence-corrected chi connectivity index (χ0v) is 12.2. The highest BCUT2D eigenvalue weighted by Crippen LogP contribution is 2.31. The molecule has 0 bridgehead atoms. The third-order valence-electron chi connectivity index (χ3n) is 3.38. The van der Waals surface area contributed by atoms with Gasteiger partial charge in [-0.2, -0.15) is 11.8 Å². The van der Waals surface area contributed by atoms with Crippen molar-refractivity contribution in [1.82, 2.24) is 4.90 Å². The summed E-state index contributed by atoms with van der Waals surface area (Å²) in [6.45, 7) is 2.29. The van der Waals surface area contributed by atoms with Crippen molar-refractivity contribution in [2.75, 3.05) is 25.5 Å². The zero-order valence-electron chi connectivity index (χ0n) is 9.80. The molecule has 2 saturated heterocycles. The van der Waals surface area contributed by atoms with Crippen molar-refractivity contribution in [2.45, 2.75) is 17.7 Å². The summed E-state index contributed by atoms with van der Waals surface area (Å²) in [4.78, 5) is 14.4. The maximum Gasteiger partial charge on any atom is 0.289 e. The number of nitrogens with zero attached hydrogens (tertiary/aromatic N) is 1. The number of thioether (sulfide) groups is 1.